The van der Waals surface area contributed by atoms with Gasteiger partial charge in [-0.05, 0) is 61.0 Å². The van der Waals surface area contributed by atoms with Crippen molar-refractivity contribution in [3.05, 3.63) is 45.7 Å². The van der Waals surface area contributed by atoms with E-state index in [0.29, 0.717) is 23.9 Å². The number of carbonyl (C=O) groups is 1. The van der Waals surface area contributed by atoms with Gasteiger partial charge in [-0.15, -0.1) is 0 Å². The highest BCUT2D eigenvalue weighted by Crippen LogP contribution is 2.26. The first kappa shape index (κ1) is 15.4. The lowest BCUT2D eigenvalue weighted by Crippen LogP contribution is -2.15. The zero-order valence-electron chi connectivity index (χ0n) is 12.1. The Kier molecular flexibility index (Phi) is 4.90. The molecule has 0 unspecified atom stereocenters. The van der Waals surface area contributed by atoms with E-state index < -0.39 is 0 Å². The lowest BCUT2D eigenvalue weighted by atomic mass is 10.2. The highest BCUT2D eigenvalue weighted by atomic mass is 79.9. The molecule has 0 saturated carbocycles. The molecule has 21 heavy (non-hydrogen) atoms. The Morgan fingerprint density at radius 3 is 2.48 bits per heavy atom. The van der Waals surface area contributed by atoms with Crippen LogP contribution in [0.25, 0.3) is 0 Å². The van der Waals surface area contributed by atoms with Crippen LogP contribution in [0.15, 0.2) is 28.7 Å². The number of rotatable bonds is 4. The Balaban J connectivity index is 2.18. The van der Waals surface area contributed by atoms with Crippen LogP contribution in [0.1, 0.15) is 28.7 Å². The van der Waals surface area contributed by atoms with Gasteiger partial charge in [0.05, 0.1) is 11.1 Å². The van der Waals surface area contributed by atoms with E-state index in [2.05, 4.69) is 31.2 Å². The summed E-state index contributed by atoms with van der Waals surface area (Å²) in [5.41, 5.74) is 2.13. The molecule has 0 aliphatic heterocycles. The molecule has 0 spiro atoms. The maximum absolute atomic E-state index is 12.2. The van der Waals surface area contributed by atoms with E-state index in [1.165, 1.54) is 0 Å². The van der Waals surface area contributed by atoms with Crippen LogP contribution in [0.2, 0.25) is 0 Å². The Bertz CT molecular complexity index is 654. The van der Waals surface area contributed by atoms with Crippen molar-refractivity contribution in [1.82, 2.24) is 9.97 Å². The highest BCUT2D eigenvalue weighted by Gasteiger charge is 2.11. The zero-order chi connectivity index (χ0) is 15.4. The predicted molar refractivity (Wildman–Crippen MR) is 84.8 cm³/mol. The summed E-state index contributed by atoms with van der Waals surface area (Å²) in [6.45, 7) is 6.20. The average Bonchev–Trinajstić information content (AvgIpc) is 2.40. The summed E-state index contributed by atoms with van der Waals surface area (Å²) < 4.78 is 6.15. The van der Waals surface area contributed by atoms with Gasteiger partial charge in [-0.25, -0.2) is 9.97 Å². The Morgan fingerprint density at radius 1 is 1.24 bits per heavy atom. The molecule has 0 saturated heterocycles. The van der Waals surface area contributed by atoms with Crippen LogP contribution < -0.4 is 10.1 Å². The third-order valence-electron chi connectivity index (χ3n) is 2.70. The molecule has 0 radical (unpaired) electrons. The zero-order valence-corrected chi connectivity index (χ0v) is 13.7. The van der Waals surface area contributed by atoms with Crippen LogP contribution in [0.4, 0.5) is 5.95 Å². The fraction of sp³-hybridized carbons (Fsp3) is 0.267. The van der Waals surface area contributed by atoms with Gasteiger partial charge in [-0.1, -0.05) is 0 Å². The first-order chi connectivity index (χ1) is 9.99. The number of amides is 1. The third-order valence-corrected chi connectivity index (χ3v) is 3.32. The number of carbonyl (C=O) groups excluding carboxylic acids is 1. The van der Waals surface area contributed by atoms with Crippen LogP contribution in [-0.4, -0.2) is 22.5 Å². The predicted octanol–water partition coefficient (Wildman–Crippen LogP) is 3.51. The number of nitrogens with zero attached hydrogens (tertiary/aromatic N) is 2. The van der Waals surface area contributed by atoms with Gasteiger partial charge < -0.3 is 4.74 Å². The molecule has 5 nitrogen and oxygen atoms in total. The minimum absolute atomic E-state index is 0.260. The monoisotopic (exact) mass is 349 g/mol. The molecule has 0 bridgehead atoms. The minimum Gasteiger partial charge on any atom is -0.493 e. The van der Waals surface area contributed by atoms with Gasteiger partial charge in [-0.3, -0.25) is 10.1 Å². The molecule has 0 atom stereocenters. The Morgan fingerprint density at radius 2 is 1.90 bits per heavy atom. The lowest BCUT2D eigenvalue weighted by Gasteiger charge is -2.08. The van der Waals surface area contributed by atoms with E-state index in [1.807, 2.05) is 26.8 Å². The van der Waals surface area contributed by atoms with Crippen molar-refractivity contribution < 1.29 is 9.53 Å². The van der Waals surface area contributed by atoms with E-state index in [9.17, 15) is 4.79 Å². The van der Waals surface area contributed by atoms with Crippen molar-refractivity contribution in [3.63, 3.8) is 0 Å². The van der Waals surface area contributed by atoms with Crippen molar-refractivity contribution >= 4 is 27.8 Å². The topological polar surface area (TPSA) is 64.1 Å². The van der Waals surface area contributed by atoms with Gasteiger partial charge in [0, 0.05) is 17.0 Å². The molecule has 1 N–H and O–H groups in total. The van der Waals surface area contributed by atoms with E-state index in [4.69, 9.17) is 4.74 Å². The molecule has 6 heteroatoms. The molecule has 1 aromatic carbocycles. The number of nitrogens with one attached hydrogen (secondary N) is 1. The smallest absolute Gasteiger partial charge is 0.258 e. The second-order valence-electron chi connectivity index (χ2n) is 4.51. The number of ether oxygens (including phenoxy) is 1. The fourth-order valence-electron chi connectivity index (χ4n) is 1.87. The molecule has 110 valence electrons. The summed E-state index contributed by atoms with van der Waals surface area (Å²) in [5, 5.41) is 2.70. The molecule has 2 rings (SSSR count). The molecule has 0 aliphatic rings. The molecule has 0 fully saturated rings. The van der Waals surface area contributed by atoms with Gasteiger partial charge in [-0.2, -0.15) is 0 Å². The summed E-state index contributed by atoms with van der Waals surface area (Å²) >= 11 is 3.39. The summed E-state index contributed by atoms with van der Waals surface area (Å²) in [4.78, 5) is 20.6. The van der Waals surface area contributed by atoms with E-state index in [-0.39, 0.29) is 5.91 Å². The van der Waals surface area contributed by atoms with Crippen molar-refractivity contribution in [3.8, 4) is 5.75 Å². The number of benzene rings is 1. The average molecular weight is 350 g/mol. The van der Waals surface area contributed by atoms with Crippen LogP contribution in [0.3, 0.4) is 0 Å². The lowest BCUT2D eigenvalue weighted by molar-refractivity contribution is 0.102. The molecule has 1 amide bonds. The van der Waals surface area contributed by atoms with Crippen molar-refractivity contribution in [2.45, 2.75) is 20.8 Å². The van der Waals surface area contributed by atoms with Crippen LogP contribution in [-0.2, 0) is 0 Å². The molecule has 1 aromatic heterocycles. The maximum Gasteiger partial charge on any atom is 0.258 e. The summed E-state index contributed by atoms with van der Waals surface area (Å²) in [6, 6.07) is 7.02. The van der Waals surface area contributed by atoms with Gasteiger partial charge >= 0.3 is 0 Å². The fourth-order valence-corrected chi connectivity index (χ4v) is 2.36. The highest BCUT2D eigenvalue weighted by molar-refractivity contribution is 9.10. The summed E-state index contributed by atoms with van der Waals surface area (Å²) in [5.74, 6) is 0.753. The molecular weight excluding hydrogens is 334 g/mol. The second kappa shape index (κ2) is 6.67. The van der Waals surface area contributed by atoms with Crippen molar-refractivity contribution in [1.29, 1.82) is 0 Å². The Hall–Kier alpha value is -1.95. The number of aryl methyl sites for hydroxylation is 2. The van der Waals surface area contributed by atoms with E-state index in [1.54, 1.807) is 18.2 Å². The van der Waals surface area contributed by atoms with Crippen LogP contribution in [0.5, 0.6) is 5.75 Å². The summed E-state index contributed by atoms with van der Waals surface area (Å²) in [7, 11) is 0. The van der Waals surface area contributed by atoms with Gasteiger partial charge in [0.25, 0.3) is 5.91 Å². The number of aromatic nitrogens is 2. The second-order valence-corrected chi connectivity index (χ2v) is 5.36. The molecule has 1 heterocycles. The molecule has 2 aromatic rings. The first-order valence-corrected chi connectivity index (χ1v) is 7.35. The number of hydrogen-bond acceptors (Lipinski definition) is 4. The van der Waals surface area contributed by atoms with Crippen molar-refractivity contribution in [2.24, 2.45) is 0 Å². The minimum atomic E-state index is -0.260. The van der Waals surface area contributed by atoms with Gasteiger partial charge in [0.1, 0.15) is 5.75 Å². The van der Waals surface area contributed by atoms with Crippen LogP contribution >= 0.6 is 15.9 Å². The third kappa shape index (κ3) is 4.01. The van der Waals surface area contributed by atoms with E-state index >= 15 is 0 Å². The SMILES string of the molecule is CCOc1ccc(C(=O)Nc2nc(C)cc(C)n2)cc1Br. The van der Waals surface area contributed by atoms with Crippen molar-refractivity contribution in [2.75, 3.05) is 11.9 Å². The van der Waals surface area contributed by atoms with Gasteiger partial charge in [0.2, 0.25) is 5.95 Å². The molecule has 0 aliphatic carbocycles. The standard InChI is InChI=1S/C15H16BrN3O2/c1-4-21-13-6-5-11(8-12(13)16)14(20)19-15-17-9(2)7-10(3)18-15/h5-8H,4H2,1-3H3,(H,17,18,19,20). The van der Waals surface area contributed by atoms with Gasteiger partial charge in [0.15, 0.2) is 0 Å². The largest absolute Gasteiger partial charge is 0.493 e. The molecular formula is C15H16BrN3O2. The normalized spacial score (nSPS) is 10.3. The maximum atomic E-state index is 12.2. The number of anilines is 1. The first-order valence-electron chi connectivity index (χ1n) is 6.55. The van der Waals surface area contributed by atoms with E-state index in [0.717, 1.165) is 15.9 Å². The number of hydrogen-bond donors (Lipinski definition) is 1. The number of halogens is 1. The summed E-state index contributed by atoms with van der Waals surface area (Å²) in [6.07, 6.45) is 0. The Labute approximate surface area is 131 Å². The quantitative estimate of drug-likeness (QED) is 0.917. The van der Waals surface area contributed by atoms with Crippen LogP contribution in [0, 0.1) is 13.8 Å².